The predicted molar refractivity (Wildman–Crippen MR) is 72.6 cm³/mol. The summed E-state index contributed by atoms with van der Waals surface area (Å²) in [6.07, 6.45) is 1.65. The fourth-order valence-corrected chi connectivity index (χ4v) is 3.31. The van der Waals surface area contributed by atoms with Gasteiger partial charge in [-0.1, -0.05) is 0 Å². The van der Waals surface area contributed by atoms with Crippen molar-refractivity contribution in [3.8, 4) is 0 Å². The Kier molecular flexibility index (Phi) is 5.57. The summed E-state index contributed by atoms with van der Waals surface area (Å²) in [5.74, 6) is 0.0791. The van der Waals surface area contributed by atoms with Crippen LogP contribution in [-0.4, -0.2) is 72.3 Å². The Morgan fingerprint density at radius 3 is 2.60 bits per heavy atom. The molecule has 0 radical (unpaired) electrons. The first-order valence-electron chi connectivity index (χ1n) is 6.91. The number of hydrogen-bond donors (Lipinski definition) is 1. The Morgan fingerprint density at radius 2 is 1.95 bits per heavy atom. The van der Waals surface area contributed by atoms with E-state index >= 15 is 0 Å². The zero-order chi connectivity index (χ0) is 14.6. The maximum atomic E-state index is 12.4. The third-order valence-corrected chi connectivity index (χ3v) is 4.44. The third kappa shape index (κ3) is 4.53. The van der Waals surface area contributed by atoms with Gasteiger partial charge in [0.15, 0.2) is 0 Å². The molecule has 1 amide bonds. The number of nitrogens with zero attached hydrogens (tertiary/aromatic N) is 2. The van der Waals surface area contributed by atoms with Gasteiger partial charge in [-0.2, -0.15) is 13.2 Å². The highest BCUT2D eigenvalue weighted by Gasteiger charge is 2.35. The standard InChI is InChI=1S/C12H20F3N3OS/c13-12(14,15)20-9-8-17-5-1-2-10(17)11(19)18-6-3-16-4-7-18/h10,16H,1-9H2. The molecule has 1 atom stereocenters. The van der Waals surface area contributed by atoms with Gasteiger partial charge < -0.3 is 10.2 Å². The van der Waals surface area contributed by atoms with Crippen LogP contribution in [0.25, 0.3) is 0 Å². The van der Waals surface area contributed by atoms with Crippen molar-refractivity contribution in [2.24, 2.45) is 0 Å². The molecule has 2 aliphatic rings. The molecule has 8 heteroatoms. The number of carbonyl (C=O) groups excluding carboxylic acids is 1. The molecule has 116 valence electrons. The second-order valence-corrected chi connectivity index (χ2v) is 6.22. The van der Waals surface area contributed by atoms with Crippen molar-refractivity contribution in [2.45, 2.75) is 24.4 Å². The summed E-state index contributed by atoms with van der Waals surface area (Å²) in [4.78, 5) is 16.1. The van der Waals surface area contributed by atoms with Crippen molar-refractivity contribution >= 4 is 17.7 Å². The van der Waals surface area contributed by atoms with E-state index in [2.05, 4.69) is 5.32 Å². The summed E-state index contributed by atoms with van der Waals surface area (Å²) in [6.45, 7) is 4.03. The fourth-order valence-electron chi connectivity index (χ4n) is 2.75. The Hall–Kier alpha value is -0.470. The van der Waals surface area contributed by atoms with Crippen LogP contribution in [0.5, 0.6) is 0 Å². The molecule has 1 unspecified atom stereocenters. The zero-order valence-electron chi connectivity index (χ0n) is 11.3. The van der Waals surface area contributed by atoms with Crippen molar-refractivity contribution in [1.82, 2.24) is 15.1 Å². The number of carbonyl (C=O) groups is 1. The first-order valence-corrected chi connectivity index (χ1v) is 7.90. The molecule has 0 aromatic heterocycles. The van der Waals surface area contributed by atoms with Crippen LogP contribution in [0.2, 0.25) is 0 Å². The number of amides is 1. The van der Waals surface area contributed by atoms with Crippen molar-refractivity contribution in [3.63, 3.8) is 0 Å². The molecular weight excluding hydrogens is 291 g/mol. The summed E-state index contributed by atoms with van der Waals surface area (Å²) in [7, 11) is 0. The summed E-state index contributed by atoms with van der Waals surface area (Å²) in [5.41, 5.74) is -4.18. The topological polar surface area (TPSA) is 35.6 Å². The number of alkyl halides is 3. The largest absolute Gasteiger partial charge is 0.441 e. The summed E-state index contributed by atoms with van der Waals surface area (Å²) in [5, 5.41) is 3.19. The van der Waals surface area contributed by atoms with Gasteiger partial charge in [0.2, 0.25) is 5.91 Å². The van der Waals surface area contributed by atoms with Crippen molar-refractivity contribution in [2.75, 3.05) is 45.0 Å². The first kappa shape index (κ1) is 15.9. The maximum absolute atomic E-state index is 12.4. The minimum atomic E-state index is -4.18. The van der Waals surface area contributed by atoms with Crippen LogP contribution in [0.15, 0.2) is 0 Å². The van der Waals surface area contributed by atoms with Crippen LogP contribution in [0.3, 0.4) is 0 Å². The van der Waals surface area contributed by atoms with Crippen LogP contribution in [0, 0.1) is 0 Å². The SMILES string of the molecule is O=C(C1CCCN1CCSC(F)(F)F)N1CCNCC1. The van der Waals surface area contributed by atoms with E-state index in [-0.39, 0.29) is 29.5 Å². The molecular formula is C12H20F3N3OS. The molecule has 0 aromatic rings. The minimum absolute atomic E-state index is 0.00512. The van der Waals surface area contributed by atoms with Gasteiger partial charge in [0, 0.05) is 38.5 Å². The molecule has 2 aliphatic heterocycles. The van der Waals surface area contributed by atoms with Crippen LogP contribution in [-0.2, 0) is 4.79 Å². The average molecular weight is 311 g/mol. The first-order chi connectivity index (χ1) is 9.47. The normalized spacial score (nSPS) is 25.1. The molecule has 2 saturated heterocycles. The van der Waals surface area contributed by atoms with Crippen LogP contribution < -0.4 is 5.32 Å². The Labute approximate surface area is 121 Å². The lowest BCUT2D eigenvalue weighted by molar-refractivity contribution is -0.136. The number of thioether (sulfide) groups is 1. The lowest BCUT2D eigenvalue weighted by atomic mass is 10.2. The molecule has 1 N–H and O–H groups in total. The number of nitrogens with one attached hydrogen (secondary N) is 1. The molecule has 2 heterocycles. The average Bonchev–Trinajstić information content (AvgIpc) is 2.86. The monoisotopic (exact) mass is 311 g/mol. The van der Waals surface area contributed by atoms with E-state index in [9.17, 15) is 18.0 Å². The van der Waals surface area contributed by atoms with E-state index in [1.54, 1.807) is 0 Å². The fraction of sp³-hybridized carbons (Fsp3) is 0.917. The molecule has 0 spiro atoms. The summed E-state index contributed by atoms with van der Waals surface area (Å²) in [6, 6.07) is -0.220. The maximum Gasteiger partial charge on any atom is 0.441 e. The molecule has 0 aromatic carbocycles. The Balaban J connectivity index is 1.81. The minimum Gasteiger partial charge on any atom is -0.339 e. The molecule has 0 bridgehead atoms. The molecule has 20 heavy (non-hydrogen) atoms. The van der Waals surface area contributed by atoms with E-state index in [0.717, 1.165) is 32.5 Å². The second-order valence-electron chi connectivity index (χ2n) is 5.06. The zero-order valence-corrected chi connectivity index (χ0v) is 12.1. The van der Waals surface area contributed by atoms with E-state index < -0.39 is 5.51 Å². The van der Waals surface area contributed by atoms with Gasteiger partial charge in [0.05, 0.1) is 6.04 Å². The van der Waals surface area contributed by atoms with Gasteiger partial charge >= 0.3 is 5.51 Å². The molecule has 2 fully saturated rings. The Bertz CT molecular complexity index is 334. The Morgan fingerprint density at radius 1 is 1.25 bits per heavy atom. The van der Waals surface area contributed by atoms with Crippen molar-refractivity contribution in [1.29, 1.82) is 0 Å². The number of likely N-dealkylation sites (tertiary alicyclic amines) is 1. The van der Waals surface area contributed by atoms with Gasteiger partial charge in [-0.3, -0.25) is 9.69 Å². The highest BCUT2D eigenvalue weighted by molar-refractivity contribution is 8.00. The van der Waals surface area contributed by atoms with Gasteiger partial charge in [-0.25, -0.2) is 0 Å². The highest BCUT2D eigenvalue weighted by Crippen LogP contribution is 2.30. The smallest absolute Gasteiger partial charge is 0.339 e. The number of halogens is 3. The molecule has 2 rings (SSSR count). The molecule has 0 saturated carbocycles. The lowest BCUT2D eigenvalue weighted by Gasteiger charge is -2.32. The van der Waals surface area contributed by atoms with Gasteiger partial charge in [-0.05, 0) is 31.1 Å². The lowest BCUT2D eigenvalue weighted by Crippen LogP contribution is -2.52. The quantitative estimate of drug-likeness (QED) is 0.844. The predicted octanol–water partition coefficient (Wildman–Crippen LogP) is 1.14. The summed E-state index contributed by atoms with van der Waals surface area (Å²) < 4.78 is 36.4. The van der Waals surface area contributed by atoms with Gasteiger partial charge in [0.1, 0.15) is 0 Å². The number of rotatable bonds is 4. The van der Waals surface area contributed by atoms with Crippen LogP contribution >= 0.6 is 11.8 Å². The number of piperazine rings is 1. The van der Waals surface area contributed by atoms with E-state index in [0.29, 0.717) is 19.6 Å². The van der Waals surface area contributed by atoms with Crippen molar-refractivity contribution in [3.05, 3.63) is 0 Å². The van der Waals surface area contributed by atoms with Crippen LogP contribution in [0.1, 0.15) is 12.8 Å². The van der Waals surface area contributed by atoms with Gasteiger partial charge in [0.25, 0.3) is 0 Å². The van der Waals surface area contributed by atoms with Crippen LogP contribution in [0.4, 0.5) is 13.2 Å². The molecule has 4 nitrogen and oxygen atoms in total. The van der Waals surface area contributed by atoms with E-state index in [1.165, 1.54) is 0 Å². The second kappa shape index (κ2) is 7.00. The number of hydrogen-bond acceptors (Lipinski definition) is 4. The molecule has 0 aliphatic carbocycles. The van der Waals surface area contributed by atoms with E-state index in [1.807, 2.05) is 9.80 Å². The summed E-state index contributed by atoms with van der Waals surface area (Å²) >= 11 is -0.00682. The van der Waals surface area contributed by atoms with Gasteiger partial charge in [-0.15, -0.1) is 0 Å². The van der Waals surface area contributed by atoms with E-state index in [4.69, 9.17) is 0 Å². The highest BCUT2D eigenvalue weighted by atomic mass is 32.2. The third-order valence-electron chi connectivity index (χ3n) is 3.72. The van der Waals surface area contributed by atoms with Crippen molar-refractivity contribution < 1.29 is 18.0 Å².